The predicted molar refractivity (Wildman–Crippen MR) is 104 cm³/mol. The van der Waals surface area contributed by atoms with Gasteiger partial charge in [0.2, 0.25) is 5.13 Å². The van der Waals surface area contributed by atoms with E-state index >= 15 is 0 Å². The molecular weight excluding hydrogens is 362 g/mol. The second-order valence-electron chi connectivity index (χ2n) is 6.31. The van der Waals surface area contributed by atoms with E-state index in [0.29, 0.717) is 34.7 Å². The monoisotopic (exact) mass is 381 g/mol. The van der Waals surface area contributed by atoms with Crippen molar-refractivity contribution in [2.24, 2.45) is 0 Å². The molecule has 138 valence electrons. The molecular formula is C20H19N3O3S. The molecule has 1 aromatic heterocycles. The van der Waals surface area contributed by atoms with E-state index in [1.165, 1.54) is 11.3 Å². The number of ether oxygens (including phenoxy) is 2. The molecule has 1 saturated carbocycles. The van der Waals surface area contributed by atoms with Crippen LogP contribution in [0.1, 0.15) is 39.7 Å². The van der Waals surface area contributed by atoms with Crippen LogP contribution in [0.4, 0.5) is 5.13 Å². The first-order valence-electron chi connectivity index (χ1n) is 8.72. The maximum atomic E-state index is 12.5. The minimum atomic E-state index is -0.249. The molecule has 1 amide bonds. The summed E-state index contributed by atoms with van der Waals surface area (Å²) in [6.07, 6.45) is 2.31. The summed E-state index contributed by atoms with van der Waals surface area (Å²) in [5.74, 6) is 1.37. The van der Waals surface area contributed by atoms with Crippen molar-refractivity contribution < 1.29 is 14.3 Å². The van der Waals surface area contributed by atoms with Crippen LogP contribution in [0.2, 0.25) is 0 Å². The number of nitrogens with one attached hydrogen (secondary N) is 1. The summed E-state index contributed by atoms with van der Waals surface area (Å²) in [4.78, 5) is 12.5. The smallest absolute Gasteiger partial charge is 0.257 e. The van der Waals surface area contributed by atoms with Gasteiger partial charge in [0.15, 0.2) is 11.5 Å². The Labute approximate surface area is 161 Å². The van der Waals surface area contributed by atoms with Gasteiger partial charge in [-0.1, -0.05) is 41.7 Å². The van der Waals surface area contributed by atoms with Crippen molar-refractivity contribution in [2.45, 2.75) is 25.4 Å². The van der Waals surface area contributed by atoms with E-state index in [-0.39, 0.29) is 5.91 Å². The van der Waals surface area contributed by atoms with Crippen LogP contribution in [-0.4, -0.2) is 23.2 Å². The third-order valence-corrected chi connectivity index (χ3v) is 5.25. The average molecular weight is 381 g/mol. The summed E-state index contributed by atoms with van der Waals surface area (Å²) in [7, 11) is 1.55. The maximum absolute atomic E-state index is 12.5. The topological polar surface area (TPSA) is 73.3 Å². The lowest BCUT2D eigenvalue weighted by atomic mass is 10.2. The first-order valence-corrected chi connectivity index (χ1v) is 9.54. The molecule has 1 heterocycles. The van der Waals surface area contributed by atoms with Gasteiger partial charge >= 0.3 is 0 Å². The Morgan fingerprint density at radius 1 is 1.15 bits per heavy atom. The second kappa shape index (κ2) is 7.75. The van der Waals surface area contributed by atoms with Gasteiger partial charge in [-0.2, -0.15) is 0 Å². The molecule has 6 nitrogen and oxygen atoms in total. The van der Waals surface area contributed by atoms with Crippen molar-refractivity contribution in [3.8, 4) is 11.5 Å². The molecule has 7 heteroatoms. The molecule has 0 spiro atoms. The van der Waals surface area contributed by atoms with Crippen molar-refractivity contribution in [2.75, 3.05) is 12.4 Å². The van der Waals surface area contributed by atoms with E-state index in [0.717, 1.165) is 23.4 Å². The molecule has 27 heavy (non-hydrogen) atoms. The minimum absolute atomic E-state index is 0.249. The molecule has 0 saturated heterocycles. The molecule has 1 aliphatic rings. The molecule has 0 unspecified atom stereocenters. The zero-order valence-electron chi connectivity index (χ0n) is 14.8. The van der Waals surface area contributed by atoms with Gasteiger partial charge in [-0.25, -0.2) is 0 Å². The number of carbonyl (C=O) groups excluding carboxylic acids is 1. The largest absolute Gasteiger partial charge is 0.493 e. The van der Waals surface area contributed by atoms with Crippen molar-refractivity contribution in [3.63, 3.8) is 0 Å². The number of carbonyl (C=O) groups is 1. The summed E-state index contributed by atoms with van der Waals surface area (Å²) >= 11 is 1.44. The Kier molecular flexibility index (Phi) is 5.02. The highest BCUT2D eigenvalue weighted by Gasteiger charge is 2.27. The maximum Gasteiger partial charge on any atom is 0.257 e. The molecule has 4 rings (SSSR count). The summed E-state index contributed by atoms with van der Waals surface area (Å²) in [6.45, 7) is 0.428. The molecule has 1 aliphatic carbocycles. The molecule has 0 bridgehead atoms. The number of aromatic nitrogens is 2. The van der Waals surface area contributed by atoms with Crippen molar-refractivity contribution in [1.82, 2.24) is 10.2 Å². The third-order valence-electron chi connectivity index (χ3n) is 4.25. The highest BCUT2D eigenvalue weighted by molar-refractivity contribution is 7.15. The second-order valence-corrected chi connectivity index (χ2v) is 7.32. The first-order chi connectivity index (χ1) is 13.2. The van der Waals surface area contributed by atoms with Gasteiger partial charge in [-0.3, -0.25) is 10.1 Å². The lowest BCUT2D eigenvalue weighted by Gasteiger charge is -2.12. The Morgan fingerprint density at radius 2 is 1.96 bits per heavy atom. The van der Waals surface area contributed by atoms with E-state index in [1.807, 2.05) is 30.3 Å². The molecule has 1 fully saturated rings. The van der Waals surface area contributed by atoms with E-state index in [9.17, 15) is 4.79 Å². The van der Waals surface area contributed by atoms with Crippen molar-refractivity contribution in [3.05, 3.63) is 64.7 Å². The van der Waals surface area contributed by atoms with Crippen LogP contribution in [0.5, 0.6) is 11.5 Å². The fourth-order valence-electron chi connectivity index (χ4n) is 2.61. The summed E-state index contributed by atoms with van der Waals surface area (Å²) in [5, 5.41) is 12.5. The number of methoxy groups -OCH3 is 1. The number of amides is 1. The van der Waals surface area contributed by atoms with E-state index in [4.69, 9.17) is 9.47 Å². The Balaban J connectivity index is 1.43. The number of hydrogen-bond acceptors (Lipinski definition) is 6. The fourth-order valence-corrected chi connectivity index (χ4v) is 3.52. The molecule has 3 aromatic rings. The van der Waals surface area contributed by atoms with Crippen LogP contribution in [0.3, 0.4) is 0 Å². The predicted octanol–water partition coefficient (Wildman–Crippen LogP) is 4.26. The lowest BCUT2D eigenvalue weighted by molar-refractivity contribution is 0.102. The molecule has 0 radical (unpaired) electrons. The number of anilines is 1. The summed E-state index contributed by atoms with van der Waals surface area (Å²) in [5.41, 5.74) is 1.53. The van der Waals surface area contributed by atoms with Gasteiger partial charge in [-0.05, 0) is 36.6 Å². The normalized spacial score (nSPS) is 13.2. The Morgan fingerprint density at radius 3 is 2.70 bits per heavy atom. The lowest BCUT2D eigenvalue weighted by Crippen LogP contribution is -2.12. The van der Waals surface area contributed by atoms with Gasteiger partial charge in [-0.15, -0.1) is 10.2 Å². The van der Waals surface area contributed by atoms with Gasteiger partial charge in [0, 0.05) is 11.5 Å². The third kappa shape index (κ3) is 4.25. The summed E-state index contributed by atoms with van der Waals surface area (Å²) in [6, 6.07) is 15.0. The summed E-state index contributed by atoms with van der Waals surface area (Å²) < 4.78 is 11.2. The standard InChI is InChI=1S/C20H19N3O3S/c1-25-17-11-15(9-10-16(17)26-12-13-5-3-2-4-6-13)18(24)21-20-23-22-19(27-20)14-7-8-14/h2-6,9-11,14H,7-8,12H2,1H3,(H,21,23,24). The van der Waals surface area contributed by atoms with Crippen LogP contribution in [0, 0.1) is 0 Å². The molecule has 0 atom stereocenters. The minimum Gasteiger partial charge on any atom is -0.493 e. The van der Waals surface area contributed by atoms with E-state index < -0.39 is 0 Å². The zero-order valence-corrected chi connectivity index (χ0v) is 15.7. The first kappa shape index (κ1) is 17.5. The fraction of sp³-hybridized carbons (Fsp3) is 0.250. The van der Waals surface area contributed by atoms with Crippen molar-refractivity contribution >= 4 is 22.4 Å². The highest BCUT2D eigenvalue weighted by atomic mass is 32.1. The van der Waals surface area contributed by atoms with Gasteiger partial charge in [0.05, 0.1) is 7.11 Å². The Bertz CT molecular complexity index is 939. The molecule has 1 N–H and O–H groups in total. The Hall–Kier alpha value is -2.93. The van der Waals surface area contributed by atoms with Gasteiger partial charge < -0.3 is 9.47 Å². The molecule has 0 aliphatic heterocycles. The van der Waals surface area contributed by atoms with Gasteiger partial charge in [0.1, 0.15) is 11.6 Å². The van der Waals surface area contributed by atoms with Crippen LogP contribution in [0.25, 0.3) is 0 Å². The SMILES string of the molecule is COc1cc(C(=O)Nc2nnc(C3CC3)s2)ccc1OCc1ccccc1. The van der Waals surface area contributed by atoms with Crippen LogP contribution < -0.4 is 14.8 Å². The van der Waals surface area contributed by atoms with Crippen LogP contribution in [0.15, 0.2) is 48.5 Å². The van der Waals surface area contributed by atoms with Gasteiger partial charge in [0.25, 0.3) is 5.91 Å². The van der Waals surface area contributed by atoms with Crippen LogP contribution in [-0.2, 0) is 6.61 Å². The quantitative estimate of drug-likeness (QED) is 0.662. The number of hydrogen-bond donors (Lipinski definition) is 1. The zero-order chi connectivity index (χ0) is 18.6. The van der Waals surface area contributed by atoms with E-state index in [2.05, 4.69) is 15.5 Å². The van der Waals surface area contributed by atoms with Crippen LogP contribution >= 0.6 is 11.3 Å². The number of benzene rings is 2. The van der Waals surface area contributed by atoms with Crippen molar-refractivity contribution in [1.29, 1.82) is 0 Å². The highest BCUT2D eigenvalue weighted by Crippen LogP contribution is 2.42. The molecule has 2 aromatic carbocycles. The average Bonchev–Trinajstić information content (AvgIpc) is 3.46. The van der Waals surface area contributed by atoms with E-state index in [1.54, 1.807) is 25.3 Å². The number of rotatable bonds is 7. The number of nitrogens with zero attached hydrogens (tertiary/aromatic N) is 2.